The van der Waals surface area contributed by atoms with E-state index in [9.17, 15) is 5.11 Å². The van der Waals surface area contributed by atoms with Crippen molar-refractivity contribution in [2.45, 2.75) is 37.4 Å². The summed E-state index contributed by atoms with van der Waals surface area (Å²) in [6, 6.07) is 0. The summed E-state index contributed by atoms with van der Waals surface area (Å²) in [6.45, 7) is 5.50. The van der Waals surface area contributed by atoms with Crippen molar-refractivity contribution in [1.29, 1.82) is 0 Å². The minimum atomic E-state index is -1.35. The Morgan fingerprint density at radius 3 is 2.78 bits per heavy atom. The predicted molar refractivity (Wildman–Crippen MR) is 87.9 cm³/mol. The highest BCUT2D eigenvalue weighted by molar-refractivity contribution is 8.41. The van der Waals surface area contributed by atoms with E-state index in [0.29, 0.717) is 0 Å². The Kier molecular flexibility index (Phi) is 7.88. The van der Waals surface area contributed by atoms with Crippen molar-refractivity contribution in [3.8, 4) is 0 Å². The molecule has 0 aliphatic carbocycles. The molecule has 1 fully saturated rings. The van der Waals surface area contributed by atoms with Gasteiger partial charge in [-0.15, -0.1) is 5.73 Å². The molecule has 6 unspecified atom stereocenters. The van der Waals surface area contributed by atoms with Crippen molar-refractivity contribution >= 4 is 42.8 Å². The quantitative estimate of drug-likeness (QED) is 0.594. The van der Waals surface area contributed by atoms with Gasteiger partial charge in [-0.3, -0.25) is 0 Å². The molecular weight excluding hydrogens is 327 g/mol. The minimum Gasteiger partial charge on any atom is -0.377 e. The van der Waals surface area contributed by atoms with Crippen LogP contribution in [-0.4, -0.2) is 29.2 Å². The van der Waals surface area contributed by atoms with Crippen LogP contribution < -0.4 is 0 Å². The molecule has 0 saturated carbocycles. The Morgan fingerprint density at radius 2 is 2.33 bits per heavy atom. The summed E-state index contributed by atoms with van der Waals surface area (Å²) in [5, 5.41) is 10.7. The molecule has 0 bridgehead atoms. The SMILES string of the molecule is C=C=CC1(O)C(OP(P)P)O[C@H](CC)[C@@H]1OPP. The highest BCUT2D eigenvalue weighted by atomic mass is 32.4. The molecule has 1 heterocycles. The molecule has 0 aromatic carbocycles. The number of rotatable bonds is 6. The monoisotopic (exact) mass is 346 g/mol. The van der Waals surface area contributed by atoms with Gasteiger partial charge in [-0.1, -0.05) is 40.3 Å². The molecule has 1 N–H and O–H groups in total. The molecule has 1 aliphatic heterocycles. The van der Waals surface area contributed by atoms with Crippen molar-refractivity contribution < 1.29 is 18.9 Å². The Labute approximate surface area is 118 Å². The van der Waals surface area contributed by atoms with Gasteiger partial charge in [0.25, 0.3) is 0 Å². The molecule has 18 heavy (non-hydrogen) atoms. The summed E-state index contributed by atoms with van der Waals surface area (Å²) in [5.41, 5.74) is 1.26. The summed E-state index contributed by atoms with van der Waals surface area (Å²) in [5.74, 6) is 0. The van der Waals surface area contributed by atoms with E-state index in [-0.39, 0.29) is 14.6 Å². The van der Waals surface area contributed by atoms with Crippen molar-refractivity contribution in [3.63, 3.8) is 0 Å². The fourth-order valence-electron chi connectivity index (χ4n) is 1.86. The van der Waals surface area contributed by atoms with Gasteiger partial charge >= 0.3 is 0 Å². The zero-order valence-electron chi connectivity index (χ0n) is 10.1. The second-order valence-electron chi connectivity index (χ2n) is 3.77. The van der Waals surface area contributed by atoms with E-state index in [1.165, 1.54) is 6.08 Å². The molecule has 1 saturated heterocycles. The average Bonchev–Trinajstić information content (AvgIpc) is 2.54. The number of aliphatic hydroxyl groups is 1. The van der Waals surface area contributed by atoms with Crippen LogP contribution in [0.2, 0.25) is 0 Å². The van der Waals surface area contributed by atoms with E-state index in [0.717, 1.165) is 6.42 Å². The molecule has 0 radical (unpaired) electrons. The third-order valence-electron chi connectivity index (χ3n) is 2.62. The Morgan fingerprint density at radius 1 is 1.67 bits per heavy atom. The third-order valence-corrected chi connectivity index (χ3v) is 4.58. The van der Waals surface area contributed by atoms with Crippen LogP contribution in [0.3, 0.4) is 0 Å². The predicted octanol–water partition coefficient (Wildman–Crippen LogP) is 2.96. The number of hydrogen-bond acceptors (Lipinski definition) is 4. The van der Waals surface area contributed by atoms with E-state index in [1.807, 2.05) is 6.92 Å². The van der Waals surface area contributed by atoms with E-state index >= 15 is 0 Å². The van der Waals surface area contributed by atoms with Crippen LogP contribution in [0.1, 0.15) is 13.3 Å². The molecule has 1 aliphatic rings. The molecule has 9 heteroatoms. The topological polar surface area (TPSA) is 47.9 Å². The Balaban J connectivity index is 3.01. The number of ether oxygens (including phenoxy) is 1. The van der Waals surface area contributed by atoms with Crippen molar-refractivity contribution in [2.24, 2.45) is 0 Å². The molecule has 4 nitrogen and oxygen atoms in total. The second-order valence-corrected chi connectivity index (χ2v) is 10.7. The molecule has 0 amide bonds. The van der Waals surface area contributed by atoms with E-state index < -0.39 is 25.5 Å². The summed E-state index contributed by atoms with van der Waals surface area (Å²) < 4.78 is 17.0. The first kappa shape index (κ1) is 17.6. The lowest BCUT2D eigenvalue weighted by Crippen LogP contribution is -2.47. The standard InChI is InChI=1S/C9H19O4P5/c1-3-5-9(10)7(12-17-14)6(4-2)11-8(9)13-18(15)16/h5-8,10,17H,1,4,14-16H2,2H3/t6-,7+,8?,9?/m1/s1. The normalized spacial score (nSPS) is 36.4. The van der Waals surface area contributed by atoms with Gasteiger partial charge in [0, 0.05) is 8.50 Å². The van der Waals surface area contributed by atoms with Crippen LogP contribution in [0.25, 0.3) is 0 Å². The largest absolute Gasteiger partial charge is 0.377 e. The molecule has 8 atom stereocenters. The average molecular weight is 346 g/mol. The van der Waals surface area contributed by atoms with Crippen LogP contribution in [0.4, 0.5) is 0 Å². The lowest BCUT2D eigenvalue weighted by Gasteiger charge is -2.30. The second kappa shape index (κ2) is 8.08. The van der Waals surface area contributed by atoms with E-state index in [2.05, 4.69) is 39.1 Å². The zero-order chi connectivity index (χ0) is 13.8. The van der Waals surface area contributed by atoms with Gasteiger partial charge in [-0.2, -0.15) is 0 Å². The first-order valence-electron chi connectivity index (χ1n) is 5.32. The summed E-state index contributed by atoms with van der Waals surface area (Å²) in [4.78, 5) is 0. The first-order chi connectivity index (χ1) is 8.49. The lowest BCUT2D eigenvalue weighted by molar-refractivity contribution is -0.131. The fraction of sp³-hybridized carbons (Fsp3) is 0.667. The van der Waals surface area contributed by atoms with Gasteiger partial charge < -0.3 is 18.9 Å². The van der Waals surface area contributed by atoms with Gasteiger partial charge in [-0.05, 0) is 12.5 Å². The van der Waals surface area contributed by atoms with Crippen LogP contribution in [-0.2, 0) is 13.8 Å². The maximum atomic E-state index is 10.7. The van der Waals surface area contributed by atoms with Crippen molar-refractivity contribution in [3.05, 3.63) is 18.4 Å². The summed E-state index contributed by atoms with van der Waals surface area (Å²) in [6.07, 6.45) is 0.768. The summed E-state index contributed by atoms with van der Waals surface area (Å²) >= 11 is 0. The highest BCUT2D eigenvalue weighted by Gasteiger charge is 2.56. The molecule has 0 aromatic rings. The fourth-order valence-corrected chi connectivity index (χ4v) is 3.89. The van der Waals surface area contributed by atoms with Crippen molar-refractivity contribution in [2.75, 3.05) is 0 Å². The van der Waals surface area contributed by atoms with Crippen LogP contribution in [0, 0.1) is 0 Å². The molecule has 0 aromatic heterocycles. The van der Waals surface area contributed by atoms with Crippen LogP contribution >= 0.6 is 42.8 Å². The zero-order valence-corrected chi connectivity index (χ0v) is 15.4. The smallest absolute Gasteiger partial charge is 0.198 e. The number of hydrogen-bond donors (Lipinski definition) is 1. The Hall–Kier alpha value is 1.51. The first-order valence-corrected chi connectivity index (χ1v) is 12.5. The molecule has 0 spiro atoms. The lowest BCUT2D eigenvalue weighted by atomic mass is 9.94. The van der Waals surface area contributed by atoms with Crippen molar-refractivity contribution in [1.82, 2.24) is 0 Å². The molecule has 1 rings (SSSR count). The molecule has 104 valence electrons. The minimum absolute atomic E-state index is 0.185. The van der Waals surface area contributed by atoms with Gasteiger partial charge in [0.1, 0.15) is 6.10 Å². The maximum absolute atomic E-state index is 10.7. The van der Waals surface area contributed by atoms with Crippen LogP contribution in [0.5, 0.6) is 0 Å². The van der Waals surface area contributed by atoms with E-state index in [4.69, 9.17) is 13.8 Å². The van der Waals surface area contributed by atoms with Gasteiger partial charge in [-0.25, -0.2) is 0 Å². The maximum Gasteiger partial charge on any atom is 0.198 e. The Bertz CT molecular complexity index is 322. The van der Waals surface area contributed by atoms with Gasteiger partial charge in [0.2, 0.25) is 0 Å². The van der Waals surface area contributed by atoms with Gasteiger partial charge in [0.15, 0.2) is 11.9 Å². The van der Waals surface area contributed by atoms with E-state index in [1.54, 1.807) is 0 Å². The summed E-state index contributed by atoms with van der Waals surface area (Å²) in [7, 11) is 6.95. The molecular formula is C9H19O4P5. The third kappa shape index (κ3) is 4.01. The van der Waals surface area contributed by atoms with Gasteiger partial charge in [0.05, 0.1) is 13.6 Å². The van der Waals surface area contributed by atoms with Crippen LogP contribution in [0.15, 0.2) is 18.4 Å². The highest BCUT2D eigenvalue weighted by Crippen LogP contribution is 2.57.